The minimum Gasteiger partial charge on any atom is -0.399 e. The van der Waals surface area contributed by atoms with Gasteiger partial charge in [-0.2, -0.15) is 5.10 Å². The van der Waals surface area contributed by atoms with Crippen LogP contribution in [0.2, 0.25) is 0 Å². The second-order valence-electron chi connectivity index (χ2n) is 7.42. The molecular formula is C20H24N6O. The maximum absolute atomic E-state index is 6.03. The maximum Gasteiger partial charge on any atom is 0.161 e. The Morgan fingerprint density at radius 2 is 2.22 bits per heavy atom. The lowest BCUT2D eigenvalue weighted by atomic mass is 9.93. The molecule has 5 rings (SSSR count). The lowest BCUT2D eigenvalue weighted by molar-refractivity contribution is 0.00463. The summed E-state index contributed by atoms with van der Waals surface area (Å²) in [5.41, 5.74) is 10.1. The van der Waals surface area contributed by atoms with Crippen LogP contribution in [-0.2, 0) is 17.7 Å². The summed E-state index contributed by atoms with van der Waals surface area (Å²) in [4.78, 5) is 9.50. The molecule has 1 aromatic carbocycles. The molecule has 2 unspecified atom stereocenters. The number of fused-ring (bicyclic) bond motifs is 2. The zero-order chi connectivity index (χ0) is 18.2. The van der Waals surface area contributed by atoms with Gasteiger partial charge in [0.25, 0.3) is 0 Å². The van der Waals surface area contributed by atoms with Crippen LogP contribution in [0.25, 0.3) is 11.0 Å². The Bertz CT molecular complexity index is 962. The van der Waals surface area contributed by atoms with Gasteiger partial charge in [-0.3, -0.25) is 0 Å². The van der Waals surface area contributed by atoms with E-state index in [1.54, 1.807) is 0 Å². The van der Waals surface area contributed by atoms with Crippen LogP contribution in [0.5, 0.6) is 0 Å². The summed E-state index contributed by atoms with van der Waals surface area (Å²) in [6.07, 6.45) is 8.36. The van der Waals surface area contributed by atoms with Gasteiger partial charge in [0.2, 0.25) is 0 Å². The number of ether oxygens (including phenoxy) is 1. The Morgan fingerprint density at radius 3 is 3.11 bits per heavy atom. The third-order valence-corrected chi connectivity index (χ3v) is 5.53. The van der Waals surface area contributed by atoms with Crippen molar-refractivity contribution in [1.82, 2.24) is 25.1 Å². The number of hydrogen-bond acceptors (Lipinski definition) is 6. The van der Waals surface area contributed by atoms with Gasteiger partial charge in [-0.15, -0.1) is 0 Å². The van der Waals surface area contributed by atoms with Crippen molar-refractivity contribution in [2.24, 2.45) is 0 Å². The Hall–Kier alpha value is -2.51. The molecule has 2 aliphatic heterocycles. The molecule has 3 N–H and O–H groups in total. The van der Waals surface area contributed by atoms with Crippen LogP contribution in [-0.4, -0.2) is 39.0 Å². The highest BCUT2D eigenvalue weighted by molar-refractivity contribution is 5.73. The highest BCUT2D eigenvalue weighted by atomic mass is 16.5. The van der Waals surface area contributed by atoms with Crippen molar-refractivity contribution in [2.45, 2.75) is 44.4 Å². The number of hydrogen-bond donors (Lipinski definition) is 2. The molecule has 3 aromatic rings. The summed E-state index contributed by atoms with van der Waals surface area (Å²) in [7, 11) is 0. The first kappa shape index (κ1) is 16.6. The van der Waals surface area contributed by atoms with Crippen LogP contribution in [0.15, 0.2) is 30.6 Å². The predicted molar refractivity (Wildman–Crippen MR) is 103 cm³/mol. The molecule has 2 aliphatic rings. The maximum atomic E-state index is 6.03. The topological polar surface area (TPSA) is 90.9 Å². The van der Waals surface area contributed by atoms with Crippen LogP contribution in [0, 0.1) is 0 Å². The van der Waals surface area contributed by atoms with Gasteiger partial charge in [0.05, 0.1) is 30.3 Å². The summed E-state index contributed by atoms with van der Waals surface area (Å²) in [5, 5.41) is 9.03. The lowest BCUT2D eigenvalue weighted by Gasteiger charge is -2.26. The van der Waals surface area contributed by atoms with Gasteiger partial charge in [-0.25, -0.2) is 14.6 Å². The molecule has 4 heterocycles. The molecule has 140 valence electrons. The van der Waals surface area contributed by atoms with Crippen molar-refractivity contribution in [3.8, 4) is 0 Å². The van der Waals surface area contributed by atoms with Gasteiger partial charge >= 0.3 is 0 Å². The molecule has 0 radical (unpaired) electrons. The van der Waals surface area contributed by atoms with Gasteiger partial charge in [0.15, 0.2) is 11.5 Å². The van der Waals surface area contributed by atoms with E-state index in [0.717, 1.165) is 61.5 Å². The molecule has 2 aromatic heterocycles. The minimum atomic E-state index is -0.0454. The molecule has 0 bridgehead atoms. The molecule has 0 aliphatic carbocycles. The van der Waals surface area contributed by atoms with E-state index in [1.165, 1.54) is 17.5 Å². The first-order chi connectivity index (χ1) is 13.3. The normalized spacial score (nSPS) is 22.7. The number of anilines is 1. The second kappa shape index (κ2) is 6.90. The lowest BCUT2D eigenvalue weighted by Crippen LogP contribution is -2.32. The van der Waals surface area contributed by atoms with Crippen molar-refractivity contribution < 1.29 is 4.74 Å². The first-order valence-electron chi connectivity index (χ1n) is 9.70. The van der Waals surface area contributed by atoms with E-state index in [9.17, 15) is 0 Å². The van der Waals surface area contributed by atoms with Gasteiger partial charge in [-0.05, 0) is 48.9 Å². The van der Waals surface area contributed by atoms with Crippen LogP contribution < -0.4 is 11.1 Å². The van der Waals surface area contributed by atoms with Crippen LogP contribution in [0.4, 0.5) is 5.69 Å². The largest absolute Gasteiger partial charge is 0.399 e. The highest BCUT2D eigenvalue weighted by Gasteiger charge is 2.25. The predicted octanol–water partition coefficient (Wildman–Crippen LogP) is 2.21. The standard InChI is InChI=1S/C20H24N6O/c21-15-5-4-13-6-7-22-18(17(13)9-15)19-23-10-14-11-24-26(20(14)25-19)12-16-3-1-2-8-27-16/h4-5,9-11,16,18,22H,1-3,6-8,12,21H2. The zero-order valence-electron chi connectivity index (χ0n) is 15.3. The second-order valence-corrected chi connectivity index (χ2v) is 7.42. The number of rotatable bonds is 3. The summed E-state index contributed by atoms with van der Waals surface area (Å²) in [6, 6.07) is 6.06. The van der Waals surface area contributed by atoms with E-state index in [2.05, 4.69) is 21.5 Å². The fourth-order valence-corrected chi connectivity index (χ4v) is 4.10. The van der Waals surface area contributed by atoms with E-state index in [-0.39, 0.29) is 12.1 Å². The van der Waals surface area contributed by atoms with Gasteiger partial charge < -0.3 is 15.8 Å². The van der Waals surface area contributed by atoms with Crippen molar-refractivity contribution in [1.29, 1.82) is 0 Å². The Balaban J connectivity index is 1.50. The Morgan fingerprint density at radius 1 is 1.26 bits per heavy atom. The van der Waals surface area contributed by atoms with Crippen LogP contribution in [0.1, 0.15) is 42.3 Å². The van der Waals surface area contributed by atoms with Crippen LogP contribution >= 0.6 is 0 Å². The minimum absolute atomic E-state index is 0.0454. The average molecular weight is 364 g/mol. The van der Waals surface area contributed by atoms with E-state index in [4.69, 9.17) is 15.5 Å². The fourth-order valence-electron chi connectivity index (χ4n) is 4.10. The number of aromatic nitrogens is 4. The third-order valence-electron chi connectivity index (χ3n) is 5.53. The van der Waals surface area contributed by atoms with Crippen molar-refractivity contribution in [3.05, 3.63) is 47.5 Å². The molecule has 0 spiro atoms. The number of nitrogens with two attached hydrogens (primary N) is 1. The smallest absolute Gasteiger partial charge is 0.161 e. The summed E-state index contributed by atoms with van der Waals surface area (Å²) in [6.45, 7) is 2.48. The molecule has 7 nitrogen and oxygen atoms in total. The van der Waals surface area contributed by atoms with E-state index in [0.29, 0.717) is 0 Å². The van der Waals surface area contributed by atoms with Crippen molar-refractivity contribution >= 4 is 16.7 Å². The van der Waals surface area contributed by atoms with Crippen molar-refractivity contribution in [2.75, 3.05) is 18.9 Å². The number of nitrogens with one attached hydrogen (secondary N) is 1. The van der Waals surface area contributed by atoms with Crippen LogP contribution in [0.3, 0.4) is 0 Å². The Labute approximate surface area is 157 Å². The van der Waals surface area contributed by atoms with Gasteiger partial charge in [-0.1, -0.05) is 6.07 Å². The number of benzene rings is 1. The monoisotopic (exact) mass is 364 g/mol. The SMILES string of the molecule is Nc1ccc2c(c1)C(c1ncc3cnn(CC4CCCCO4)c3n1)NCC2. The molecule has 27 heavy (non-hydrogen) atoms. The van der Waals surface area contributed by atoms with Gasteiger partial charge in [0, 0.05) is 25.0 Å². The molecule has 0 saturated carbocycles. The van der Waals surface area contributed by atoms with Gasteiger partial charge in [0.1, 0.15) is 0 Å². The van der Waals surface area contributed by atoms with E-state index in [1.807, 2.05) is 29.2 Å². The summed E-state index contributed by atoms with van der Waals surface area (Å²) in [5.74, 6) is 0.764. The quantitative estimate of drug-likeness (QED) is 0.693. The fraction of sp³-hybridized carbons (Fsp3) is 0.450. The number of nitrogen functional groups attached to an aromatic ring is 1. The molecule has 1 fully saturated rings. The highest BCUT2D eigenvalue weighted by Crippen LogP contribution is 2.29. The molecule has 2 atom stereocenters. The van der Waals surface area contributed by atoms with Crippen molar-refractivity contribution in [3.63, 3.8) is 0 Å². The molecular weight excluding hydrogens is 340 g/mol. The molecule has 1 saturated heterocycles. The average Bonchev–Trinajstić information content (AvgIpc) is 3.10. The third kappa shape index (κ3) is 3.17. The zero-order valence-corrected chi connectivity index (χ0v) is 15.3. The summed E-state index contributed by atoms with van der Waals surface area (Å²) < 4.78 is 7.83. The molecule has 0 amide bonds. The molecule has 7 heteroatoms. The number of nitrogens with zero attached hydrogens (tertiary/aromatic N) is 4. The van der Waals surface area contributed by atoms with E-state index >= 15 is 0 Å². The summed E-state index contributed by atoms with van der Waals surface area (Å²) >= 11 is 0. The Kier molecular flexibility index (Phi) is 4.26. The van der Waals surface area contributed by atoms with E-state index < -0.39 is 0 Å². The first-order valence-corrected chi connectivity index (χ1v) is 9.70.